The van der Waals surface area contributed by atoms with E-state index in [2.05, 4.69) is 21.2 Å². The SMILES string of the molecule is FC(F)(F)C1CCCC(Nc2c(Cl)cc(Br)cc2Cl)C1. The molecule has 0 saturated heterocycles. The summed E-state index contributed by atoms with van der Waals surface area (Å²) in [5.74, 6) is -1.25. The number of halogens is 6. The summed E-state index contributed by atoms with van der Waals surface area (Å²) in [5.41, 5.74) is 0.504. The minimum absolute atomic E-state index is 0.0617. The van der Waals surface area contributed by atoms with Crippen molar-refractivity contribution in [3.8, 4) is 0 Å². The molecule has 2 unspecified atom stereocenters. The van der Waals surface area contributed by atoms with Gasteiger partial charge in [0.2, 0.25) is 0 Å². The summed E-state index contributed by atoms with van der Waals surface area (Å²) in [6, 6.07) is 3.08. The second-order valence-corrected chi connectivity index (χ2v) is 6.72. The molecule has 20 heavy (non-hydrogen) atoms. The van der Waals surface area contributed by atoms with E-state index >= 15 is 0 Å². The van der Waals surface area contributed by atoms with Crippen LogP contribution < -0.4 is 5.32 Å². The zero-order valence-electron chi connectivity index (χ0n) is 10.4. The fourth-order valence-electron chi connectivity index (χ4n) is 2.50. The van der Waals surface area contributed by atoms with E-state index in [1.54, 1.807) is 12.1 Å². The van der Waals surface area contributed by atoms with Crippen LogP contribution in [0, 0.1) is 5.92 Å². The van der Waals surface area contributed by atoms with Crippen LogP contribution in [-0.2, 0) is 0 Å². The number of rotatable bonds is 2. The number of alkyl halides is 3. The lowest BCUT2D eigenvalue weighted by molar-refractivity contribution is -0.182. The average molecular weight is 391 g/mol. The Kier molecular flexibility index (Phi) is 5.14. The smallest absolute Gasteiger partial charge is 0.380 e. The van der Waals surface area contributed by atoms with Crippen molar-refractivity contribution >= 4 is 44.8 Å². The molecule has 1 N–H and O–H groups in total. The molecule has 112 valence electrons. The average Bonchev–Trinajstić information content (AvgIpc) is 2.33. The van der Waals surface area contributed by atoms with Gasteiger partial charge in [-0.15, -0.1) is 0 Å². The first kappa shape index (κ1) is 16.2. The van der Waals surface area contributed by atoms with E-state index < -0.39 is 12.1 Å². The second kappa shape index (κ2) is 6.32. The standard InChI is InChI=1S/C13H13BrCl2F3N/c14-8-5-10(15)12(11(16)6-8)20-9-3-1-2-7(4-9)13(17,18)19/h5-7,9,20H,1-4H2. The van der Waals surface area contributed by atoms with Crippen LogP contribution in [0.5, 0.6) is 0 Å². The molecule has 2 rings (SSSR count). The maximum atomic E-state index is 12.8. The molecule has 1 aromatic rings. The Balaban J connectivity index is 2.11. The van der Waals surface area contributed by atoms with Crippen molar-refractivity contribution < 1.29 is 13.2 Å². The van der Waals surface area contributed by atoms with E-state index in [-0.39, 0.29) is 18.9 Å². The lowest BCUT2D eigenvalue weighted by Crippen LogP contribution is -2.34. The van der Waals surface area contributed by atoms with Crippen molar-refractivity contribution in [1.29, 1.82) is 0 Å². The highest BCUT2D eigenvalue weighted by molar-refractivity contribution is 9.10. The Hall–Kier alpha value is -0.130. The monoisotopic (exact) mass is 389 g/mol. The van der Waals surface area contributed by atoms with Crippen LogP contribution in [0.3, 0.4) is 0 Å². The lowest BCUT2D eigenvalue weighted by atomic mass is 9.85. The number of hydrogen-bond donors (Lipinski definition) is 1. The highest BCUT2D eigenvalue weighted by Crippen LogP contribution is 2.40. The van der Waals surface area contributed by atoms with Gasteiger partial charge in [0, 0.05) is 10.5 Å². The molecule has 1 aliphatic carbocycles. The third-order valence-electron chi connectivity index (χ3n) is 3.49. The van der Waals surface area contributed by atoms with Crippen LogP contribution in [0.4, 0.5) is 18.9 Å². The molecule has 0 heterocycles. The van der Waals surface area contributed by atoms with E-state index in [4.69, 9.17) is 23.2 Å². The van der Waals surface area contributed by atoms with Crippen molar-refractivity contribution in [1.82, 2.24) is 0 Å². The van der Waals surface area contributed by atoms with Gasteiger partial charge in [-0.1, -0.05) is 45.6 Å². The first-order valence-electron chi connectivity index (χ1n) is 6.25. The highest BCUT2D eigenvalue weighted by atomic mass is 79.9. The first-order valence-corrected chi connectivity index (χ1v) is 7.80. The maximum absolute atomic E-state index is 12.8. The summed E-state index contributed by atoms with van der Waals surface area (Å²) in [4.78, 5) is 0. The van der Waals surface area contributed by atoms with E-state index in [9.17, 15) is 13.2 Å². The van der Waals surface area contributed by atoms with Crippen molar-refractivity contribution in [3.05, 3.63) is 26.7 Å². The van der Waals surface area contributed by atoms with Gasteiger partial charge >= 0.3 is 6.18 Å². The third kappa shape index (κ3) is 3.95. The van der Waals surface area contributed by atoms with Crippen LogP contribution in [-0.4, -0.2) is 12.2 Å². The van der Waals surface area contributed by atoms with Crippen LogP contribution in [0.15, 0.2) is 16.6 Å². The second-order valence-electron chi connectivity index (χ2n) is 4.99. The molecule has 0 aliphatic heterocycles. The molecule has 2 atom stereocenters. The van der Waals surface area contributed by atoms with Crippen molar-refractivity contribution in [2.24, 2.45) is 5.92 Å². The summed E-state index contributed by atoms with van der Waals surface area (Å²) in [7, 11) is 0. The molecule has 1 aliphatic rings. The van der Waals surface area contributed by atoms with Crippen molar-refractivity contribution in [2.75, 3.05) is 5.32 Å². The Morgan fingerprint density at radius 1 is 1.15 bits per heavy atom. The predicted molar refractivity (Wildman–Crippen MR) is 79.6 cm³/mol. The largest absolute Gasteiger partial charge is 0.391 e. The molecular formula is C13H13BrCl2F3N. The molecule has 0 spiro atoms. The number of anilines is 1. The molecular weight excluding hydrogens is 378 g/mol. The molecule has 1 saturated carbocycles. The molecule has 0 amide bonds. The van der Waals surface area contributed by atoms with Gasteiger partial charge in [0.1, 0.15) is 0 Å². The van der Waals surface area contributed by atoms with E-state index in [0.717, 1.165) is 4.47 Å². The highest BCUT2D eigenvalue weighted by Gasteiger charge is 2.42. The zero-order chi connectivity index (χ0) is 14.9. The van der Waals surface area contributed by atoms with Gasteiger partial charge in [-0.25, -0.2) is 0 Å². The Labute approximate surface area is 134 Å². The van der Waals surface area contributed by atoms with Gasteiger partial charge in [0.05, 0.1) is 21.7 Å². The number of benzene rings is 1. The number of hydrogen-bond acceptors (Lipinski definition) is 1. The first-order chi connectivity index (χ1) is 9.27. The minimum Gasteiger partial charge on any atom is -0.380 e. The fraction of sp³-hybridized carbons (Fsp3) is 0.538. The Morgan fingerprint density at radius 3 is 2.30 bits per heavy atom. The van der Waals surface area contributed by atoms with Gasteiger partial charge in [-0.2, -0.15) is 13.2 Å². The zero-order valence-corrected chi connectivity index (χ0v) is 13.5. The normalized spacial score (nSPS) is 23.7. The molecule has 0 bridgehead atoms. The van der Waals surface area contributed by atoms with E-state index in [0.29, 0.717) is 28.6 Å². The Bertz CT molecular complexity index is 470. The quantitative estimate of drug-likeness (QED) is 0.625. The number of nitrogens with one attached hydrogen (secondary N) is 1. The van der Waals surface area contributed by atoms with Crippen molar-refractivity contribution in [2.45, 2.75) is 37.9 Å². The van der Waals surface area contributed by atoms with Crippen LogP contribution in [0.25, 0.3) is 0 Å². The van der Waals surface area contributed by atoms with Crippen LogP contribution >= 0.6 is 39.1 Å². The fourth-order valence-corrected chi connectivity index (χ4v) is 3.82. The molecule has 1 fully saturated rings. The topological polar surface area (TPSA) is 12.0 Å². The van der Waals surface area contributed by atoms with Gasteiger partial charge in [-0.3, -0.25) is 0 Å². The van der Waals surface area contributed by atoms with Gasteiger partial charge in [0.25, 0.3) is 0 Å². The van der Waals surface area contributed by atoms with Gasteiger partial charge in [-0.05, 0) is 31.4 Å². The minimum atomic E-state index is -4.13. The lowest BCUT2D eigenvalue weighted by Gasteiger charge is -2.32. The molecule has 7 heteroatoms. The summed E-state index contributed by atoms with van der Waals surface area (Å²) in [5, 5.41) is 3.86. The summed E-state index contributed by atoms with van der Waals surface area (Å²) in [6.45, 7) is 0. The summed E-state index contributed by atoms with van der Waals surface area (Å²) in [6.07, 6.45) is -2.63. The van der Waals surface area contributed by atoms with E-state index in [1.807, 2.05) is 0 Å². The van der Waals surface area contributed by atoms with Gasteiger partial charge < -0.3 is 5.32 Å². The maximum Gasteiger partial charge on any atom is 0.391 e. The summed E-state index contributed by atoms with van der Waals surface area (Å²) >= 11 is 15.4. The Morgan fingerprint density at radius 2 is 1.75 bits per heavy atom. The molecule has 1 aromatic carbocycles. The summed E-state index contributed by atoms with van der Waals surface area (Å²) < 4.78 is 39.1. The third-order valence-corrected chi connectivity index (χ3v) is 4.55. The molecule has 0 aromatic heterocycles. The van der Waals surface area contributed by atoms with Gasteiger partial charge in [0.15, 0.2) is 0 Å². The van der Waals surface area contributed by atoms with Crippen LogP contribution in [0.1, 0.15) is 25.7 Å². The van der Waals surface area contributed by atoms with E-state index in [1.165, 1.54) is 0 Å². The van der Waals surface area contributed by atoms with Crippen LogP contribution in [0.2, 0.25) is 10.0 Å². The van der Waals surface area contributed by atoms with Crippen molar-refractivity contribution in [3.63, 3.8) is 0 Å². The molecule has 0 radical (unpaired) electrons. The molecule has 1 nitrogen and oxygen atoms in total. The predicted octanol–water partition coefficient (Wildman–Crippen LogP) is 6.29.